The van der Waals surface area contributed by atoms with E-state index in [-0.39, 0.29) is 5.69 Å². The van der Waals surface area contributed by atoms with Crippen molar-refractivity contribution in [3.05, 3.63) is 98.5 Å². The molecule has 0 aromatic heterocycles. The fourth-order valence-corrected chi connectivity index (χ4v) is 4.76. The second-order valence-electron chi connectivity index (χ2n) is 10.1. The highest BCUT2D eigenvalue weighted by Gasteiger charge is 2.56. The summed E-state index contributed by atoms with van der Waals surface area (Å²) in [6.45, 7) is 4.33. The molecule has 13 nitrogen and oxygen atoms in total. The van der Waals surface area contributed by atoms with Crippen LogP contribution in [0.3, 0.4) is 0 Å². The number of nitro benzene ring substituents is 1. The lowest BCUT2D eigenvalue weighted by Gasteiger charge is -2.38. The molecule has 1 saturated heterocycles. The Hall–Kier alpha value is -4.72. The summed E-state index contributed by atoms with van der Waals surface area (Å²) in [6.07, 6.45) is -1.29. The number of hydrogen-bond donors (Lipinski definition) is 3. The zero-order valence-electron chi connectivity index (χ0n) is 23.2. The van der Waals surface area contributed by atoms with Crippen molar-refractivity contribution < 1.29 is 24.5 Å². The number of carbonyl (C=O) groups is 3. The zero-order valence-corrected chi connectivity index (χ0v) is 24.7. The summed E-state index contributed by atoms with van der Waals surface area (Å²) in [5.74, 6) is -0.658. The molecule has 4 rings (SSSR count). The van der Waals surface area contributed by atoms with Gasteiger partial charge in [0.15, 0.2) is 6.17 Å². The molecule has 0 unspecified atom stereocenters. The van der Waals surface area contributed by atoms with Crippen LogP contribution in [0.5, 0.6) is 0 Å². The first-order valence-corrected chi connectivity index (χ1v) is 13.5. The normalized spacial score (nSPS) is 16.2. The molecule has 1 fully saturated rings. The molecule has 0 spiro atoms. The number of non-ortho nitro benzene ring substituents is 1. The topological polar surface area (TPSA) is 161 Å². The third kappa shape index (κ3) is 6.85. The predicted molar refractivity (Wildman–Crippen MR) is 161 cm³/mol. The maximum absolute atomic E-state index is 13.8. The van der Waals surface area contributed by atoms with Crippen LogP contribution in [0.2, 0.25) is 10.0 Å². The molecule has 0 aliphatic carbocycles. The average molecular weight is 628 g/mol. The summed E-state index contributed by atoms with van der Waals surface area (Å²) in [6, 6.07) is 16.5. The maximum Gasteiger partial charge on any atom is 0.347 e. The molecule has 43 heavy (non-hydrogen) atoms. The SMILES string of the molecule is C/C(=N\NC(=O)CN1C(=O)N(c2ccc(Cl)cc2)[C@@H](N(O)C(=O)Nc2ccc(Cl)cc2)C1(C)C)c1ccc([N+](=O)[O-])cc1. The Morgan fingerprint density at radius 3 is 2.14 bits per heavy atom. The van der Waals surface area contributed by atoms with Gasteiger partial charge in [-0.2, -0.15) is 10.2 Å². The van der Waals surface area contributed by atoms with E-state index >= 15 is 0 Å². The number of nitrogens with one attached hydrogen (secondary N) is 2. The van der Waals surface area contributed by atoms with Crippen molar-refractivity contribution in [2.75, 3.05) is 16.8 Å². The highest BCUT2D eigenvalue weighted by atomic mass is 35.5. The molecule has 0 radical (unpaired) electrons. The van der Waals surface area contributed by atoms with Gasteiger partial charge >= 0.3 is 12.1 Å². The molecule has 1 atom stereocenters. The van der Waals surface area contributed by atoms with Crippen molar-refractivity contribution in [3.8, 4) is 0 Å². The third-order valence-corrected chi connectivity index (χ3v) is 7.30. The minimum atomic E-state index is -1.31. The molecule has 3 N–H and O–H groups in total. The Balaban J connectivity index is 1.57. The average Bonchev–Trinajstić information content (AvgIpc) is 3.17. The largest absolute Gasteiger partial charge is 0.347 e. The van der Waals surface area contributed by atoms with Crippen LogP contribution < -0.4 is 15.6 Å². The fraction of sp³-hybridized carbons (Fsp3) is 0.214. The second kappa shape index (κ2) is 12.7. The Morgan fingerprint density at radius 1 is 1.02 bits per heavy atom. The molecule has 3 aromatic rings. The van der Waals surface area contributed by atoms with E-state index < -0.39 is 41.1 Å². The number of hydrogen-bond acceptors (Lipinski definition) is 7. The maximum atomic E-state index is 13.8. The summed E-state index contributed by atoms with van der Waals surface area (Å²) < 4.78 is 0. The van der Waals surface area contributed by atoms with Crippen LogP contribution in [-0.4, -0.2) is 62.0 Å². The highest BCUT2D eigenvalue weighted by Crippen LogP contribution is 2.38. The summed E-state index contributed by atoms with van der Waals surface area (Å²) in [5, 5.41) is 29.9. The Kier molecular flexibility index (Phi) is 9.19. The van der Waals surface area contributed by atoms with Crippen LogP contribution in [0.25, 0.3) is 0 Å². The predicted octanol–water partition coefficient (Wildman–Crippen LogP) is 5.71. The van der Waals surface area contributed by atoms with Crippen LogP contribution in [0.15, 0.2) is 77.9 Å². The number of benzene rings is 3. The molecule has 15 heteroatoms. The van der Waals surface area contributed by atoms with Crippen molar-refractivity contribution in [2.45, 2.75) is 32.5 Å². The first-order chi connectivity index (χ1) is 20.3. The molecule has 5 amide bonds. The lowest BCUT2D eigenvalue weighted by atomic mass is 9.99. The van der Waals surface area contributed by atoms with Gasteiger partial charge in [0.1, 0.15) is 6.54 Å². The van der Waals surface area contributed by atoms with E-state index in [9.17, 15) is 29.7 Å². The summed E-state index contributed by atoms with van der Waals surface area (Å²) in [7, 11) is 0. The smallest absolute Gasteiger partial charge is 0.306 e. The van der Waals surface area contributed by atoms with Crippen molar-refractivity contribution in [2.24, 2.45) is 5.10 Å². The number of rotatable bonds is 8. The van der Waals surface area contributed by atoms with Gasteiger partial charge in [0, 0.05) is 33.6 Å². The van der Waals surface area contributed by atoms with Crippen LogP contribution in [0.1, 0.15) is 26.3 Å². The molecule has 3 aromatic carbocycles. The van der Waals surface area contributed by atoms with E-state index in [0.29, 0.717) is 37.8 Å². The lowest BCUT2D eigenvalue weighted by Crippen LogP contribution is -2.58. The quantitative estimate of drug-likeness (QED) is 0.125. The number of carbonyl (C=O) groups excluding carboxylic acids is 3. The molecular formula is C28H27Cl2N7O6. The van der Waals surface area contributed by atoms with Gasteiger partial charge in [-0.25, -0.2) is 15.0 Å². The van der Waals surface area contributed by atoms with E-state index in [4.69, 9.17) is 23.2 Å². The summed E-state index contributed by atoms with van der Waals surface area (Å²) in [5.41, 5.74) is 2.58. The molecule has 224 valence electrons. The van der Waals surface area contributed by atoms with Crippen molar-refractivity contribution in [1.82, 2.24) is 15.4 Å². The highest BCUT2D eigenvalue weighted by molar-refractivity contribution is 6.31. The van der Waals surface area contributed by atoms with Crippen LogP contribution >= 0.6 is 23.2 Å². The van der Waals surface area contributed by atoms with Crippen molar-refractivity contribution in [3.63, 3.8) is 0 Å². The monoisotopic (exact) mass is 627 g/mol. The molecule has 0 bridgehead atoms. The zero-order chi connectivity index (χ0) is 31.5. The van der Waals surface area contributed by atoms with Crippen LogP contribution in [-0.2, 0) is 4.79 Å². The number of anilines is 2. The summed E-state index contributed by atoms with van der Waals surface area (Å²) in [4.78, 5) is 52.7. The minimum absolute atomic E-state index is 0.0880. The number of nitrogens with zero attached hydrogens (tertiary/aromatic N) is 5. The number of urea groups is 2. The van der Waals surface area contributed by atoms with Gasteiger partial charge in [-0.05, 0) is 87.0 Å². The molecule has 1 aliphatic rings. The van der Waals surface area contributed by atoms with Gasteiger partial charge < -0.3 is 10.2 Å². The van der Waals surface area contributed by atoms with Gasteiger partial charge in [0.25, 0.3) is 11.6 Å². The van der Waals surface area contributed by atoms with Gasteiger partial charge in [-0.1, -0.05) is 23.2 Å². The van der Waals surface area contributed by atoms with E-state index in [0.717, 1.165) is 0 Å². The van der Waals surface area contributed by atoms with Crippen molar-refractivity contribution >= 4 is 63.9 Å². The first-order valence-electron chi connectivity index (χ1n) is 12.8. The number of halogens is 2. The van der Waals surface area contributed by atoms with E-state index in [1.165, 1.54) is 34.1 Å². The Morgan fingerprint density at radius 2 is 1.58 bits per heavy atom. The first kappa shape index (κ1) is 31.2. The standard InChI is InChI=1S/C28H27Cl2N7O6/c1-17(18-4-12-23(13-5-18)37(42)43)32-33-24(38)16-34-27(40)35(22-14-8-20(30)9-15-22)25(28(34,2)3)36(41)26(39)31-21-10-6-19(29)7-11-21/h4-15,25,41H,16H2,1-3H3,(H,31,39)(H,33,38)/b32-17+/t25-/m0/s1. The molecule has 1 aliphatic heterocycles. The lowest BCUT2D eigenvalue weighted by molar-refractivity contribution is -0.384. The number of hydroxylamine groups is 2. The van der Waals surface area contributed by atoms with Crippen LogP contribution in [0.4, 0.5) is 26.7 Å². The van der Waals surface area contributed by atoms with Crippen LogP contribution in [0, 0.1) is 10.1 Å². The van der Waals surface area contributed by atoms with E-state index in [1.54, 1.807) is 69.3 Å². The molecule has 0 saturated carbocycles. The number of nitro groups is 1. The number of hydrazone groups is 1. The van der Waals surface area contributed by atoms with Crippen molar-refractivity contribution in [1.29, 1.82) is 0 Å². The summed E-state index contributed by atoms with van der Waals surface area (Å²) >= 11 is 12.0. The second-order valence-corrected chi connectivity index (χ2v) is 10.9. The minimum Gasteiger partial charge on any atom is -0.306 e. The number of amides is 5. The molecular weight excluding hydrogens is 601 g/mol. The van der Waals surface area contributed by atoms with E-state index in [1.807, 2.05) is 0 Å². The Bertz CT molecular complexity index is 1560. The van der Waals surface area contributed by atoms with Gasteiger partial charge in [0.05, 0.1) is 16.2 Å². The molecule has 1 heterocycles. The van der Waals surface area contributed by atoms with Gasteiger partial charge in [0.2, 0.25) is 0 Å². The van der Waals surface area contributed by atoms with Gasteiger partial charge in [-0.15, -0.1) is 0 Å². The Labute approximate surface area is 256 Å². The van der Waals surface area contributed by atoms with Gasteiger partial charge in [-0.3, -0.25) is 25.0 Å². The van der Waals surface area contributed by atoms with E-state index in [2.05, 4.69) is 15.8 Å². The fourth-order valence-electron chi connectivity index (χ4n) is 4.51. The third-order valence-electron chi connectivity index (χ3n) is 6.80.